The second-order valence-electron chi connectivity index (χ2n) is 6.50. The summed E-state index contributed by atoms with van der Waals surface area (Å²) in [6.45, 7) is 4.33. The number of aryl methyl sites for hydroxylation is 6. The number of hydrogen-bond donors (Lipinski definition) is 0. The van der Waals surface area contributed by atoms with Crippen LogP contribution in [0.25, 0.3) is 10.9 Å². The molecule has 3 aromatic rings. The first-order valence-electron chi connectivity index (χ1n) is 8.17. The van der Waals surface area contributed by atoms with E-state index in [1.807, 2.05) is 0 Å². The fraction of sp³-hybridized carbons (Fsp3) is 0.286. The van der Waals surface area contributed by atoms with Crippen LogP contribution in [0.1, 0.15) is 33.5 Å². The minimum absolute atomic E-state index is 1.06. The Morgan fingerprint density at radius 1 is 0.727 bits per heavy atom. The Morgan fingerprint density at radius 2 is 1.32 bits per heavy atom. The minimum atomic E-state index is 1.06. The SMILES string of the molecule is Cc1cc(C)c2c3ccc(c2n1)CCc1ccc(cc1)CC3. The van der Waals surface area contributed by atoms with E-state index in [-0.39, 0.29) is 0 Å². The normalized spacial score (nSPS) is 14.1. The molecule has 0 atom stereocenters. The van der Waals surface area contributed by atoms with E-state index in [2.05, 4.69) is 56.3 Å². The zero-order valence-electron chi connectivity index (χ0n) is 13.3. The summed E-state index contributed by atoms with van der Waals surface area (Å²) < 4.78 is 0. The molecular weight excluding hydrogens is 266 g/mol. The molecule has 0 saturated carbocycles. The van der Waals surface area contributed by atoms with Crippen molar-refractivity contribution in [3.05, 3.63) is 76.0 Å². The quantitative estimate of drug-likeness (QED) is 0.582. The van der Waals surface area contributed by atoms with Crippen LogP contribution in [0.3, 0.4) is 0 Å². The van der Waals surface area contributed by atoms with E-state index in [4.69, 9.17) is 4.98 Å². The summed E-state index contributed by atoms with van der Waals surface area (Å²) in [5.41, 5.74) is 9.39. The molecule has 110 valence electrons. The topological polar surface area (TPSA) is 12.9 Å². The van der Waals surface area contributed by atoms with Crippen LogP contribution in [-0.4, -0.2) is 4.98 Å². The van der Waals surface area contributed by atoms with Gasteiger partial charge in [0, 0.05) is 11.1 Å². The highest BCUT2D eigenvalue weighted by molar-refractivity contribution is 5.88. The molecule has 1 aromatic heterocycles. The fourth-order valence-electron chi connectivity index (χ4n) is 3.68. The number of nitrogens with zero attached hydrogens (tertiary/aromatic N) is 1. The standard InChI is InChI=1S/C21H21N/c1-14-13-15(2)22-21-19-10-8-17-5-3-16(4-6-17)7-9-18(11-12-19)20(14)21/h3-6,11-13H,7-10H2,1-2H3. The lowest BCUT2D eigenvalue weighted by Crippen LogP contribution is -2.02. The second-order valence-corrected chi connectivity index (χ2v) is 6.50. The predicted molar refractivity (Wildman–Crippen MR) is 92.5 cm³/mol. The zero-order valence-corrected chi connectivity index (χ0v) is 13.3. The number of aromatic nitrogens is 1. The van der Waals surface area contributed by atoms with E-state index < -0.39 is 0 Å². The van der Waals surface area contributed by atoms with E-state index in [1.54, 1.807) is 0 Å². The molecule has 0 saturated heterocycles. The maximum atomic E-state index is 4.89. The summed E-state index contributed by atoms with van der Waals surface area (Å²) in [5.74, 6) is 0. The van der Waals surface area contributed by atoms with Crippen LogP contribution >= 0.6 is 0 Å². The van der Waals surface area contributed by atoms with Gasteiger partial charge in [0.2, 0.25) is 0 Å². The molecule has 0 spiro atoms. The average Bonchev–Trinajstić information content (AvgIpc) is 2.49. The van der Waals surface area contributed by atoms with E-state index in [0.717, 1.165) is 31.4 Å². The molecule has 2 aromatic carbocycles. The Hall–Kier alpha value is -2.15. The lowest BCUT2D eigenvalue weighted by Gasteiger charge is -2.15. The van der Waals surface area contributed by atoms with Crippen LogP contribution in [0.4, 0.5) is 0 Å². The van der Waals surface area contributed by atoms with Crippen molar-refractivity contribution in [2.75, 3.05) is 0 Å². The van der Waals surface area contributed by atoms with Gasteiger partial charge in [-0.2, -0.15) is 0 Å². The van der Waals surface area contributed by atoms with Gasteiger partial charge in [-0.25, -0.2) is 0 Å². The van der Waals surface area contributed by atoms with Crippen molar-refractivity contribution < 1.29 is 0 Å². The highest BCUT2D eigenvalue weighted by Crippen LogP contribution is 2.28. The molecule has 0 unspecified atom stereocenters. The third kappa shape index (κ3) is 2.31. The molecule has 4 aliphatic rings. The molecule has 22 heavy (non-hydrogen) atoms. The molecule has 1 nitrogen and oxygen atoms in total. The molecular formula is C21H21N. The first-order valence-corrected chi connectivity index (χ1v) is 8.17. The Balaban J connectivity index is 1.95. The fourth-order valence-corrected chi connectivity index (χ4v) is 3.68. The average molecular weight is 287 g/mol. The van der Waals surface area contributed by atoms with Gasteiger partial charge in [0.25, 0.3) is 0 Å². The summed E-state index contributed by atoms with van der Waals surface area (Å²) in [7, 11) is 0. The Kier molecular flexibility index (Phi) is 3.22. The van der Waals surface area contributed by atoms with E-state index in [0.29, 0.717) is 0 Å². The van der Waals surface area contributed by atoms with Crippen molar-refractivity contribution in [3.63, 3.8) is 0 Å². The van der Waals surface area contributed by atoms with Crippen molar-refractivity contribution in [1.82, 2.24) is 4.98 Å². The van der Waals surface area contributed by atoms with Crippen molar-refractivity contribution >= 4 is 10.9 Å². The Morgan fingerprint density at radius 3 is 2.00 bits per heavy atom. The number of hydrogen-bond acceptors (Lipinski definition) is 1. The Labute approximate surface area is 132 Å². The summed E-state index contributed by atoms with van der Waals surface area (Å²) in [6.07, 6.45) is 4.33. The number of benzene rings is 2. The van der Waals surface area contributed by atoms with Gasteiger partial charge in [0.05, 0.1) is 5.52 Å². The molecule has 0 radical (unpaired) electrons. The third-order valence-corrected chi connectivity index (χ3v) is 4.84. The van der Waals surface area contributed by atoms with Crippen molar-refractivity contribution in [2.24, 2.45) is 0 Å². The van der Waals surface area contributed by atoms with Gasteiger partial charge in [-0.3, -0.25) is 4.98 Å². The van der Waals surface area contributed by atoms with E-state index in [1.165, 1.54) is 38.7 Å². The molecule has 1 heterocycles. The van der Waals surface area contributed by atoms with Gasteiger partial charge in [0.15, 0.2) is 0 Å². The third-order valence-electron chi connectivity index (χ3n) is 4.84. The summed E-state index contributed by atoms with van der Waals surface area (Å²) in [4.78, 5) is 4.89. The van der Waals surface area contributed by atoms with E-state index in [9.17, 15) is 0 Å². The van der Waals surface area contributed by atoms with Crippen molar-refractivity contribution in [2.45, 2.75) is 39.5 Å². The van der Waals surface area contributed by atoms with Crippen molar-refractivity contribution in [3.8, 4) is 0 Å². The highest BCUT2D eigenvalue weighted by atomic mass is 14.7. The van der Waals surface area contributed by atoms with Crippen LogP contribution < -0.4 is 0 Å². The molecule has 0 fully saturated rings. The predicted octanol–water partition coefficient (Wildman–Crippen LogP) is 4.74. The minimum Gasteiger partial charge on any atom is -0.253 e. The second kappa shape index (κ2) is 5.24. The van der Waals surface area contributed by atoms with Crippen LogP contribution in [0.5, 0.6) is 0 Å². The smallest absolute Gasteiger partial charge is 0.0742 e. The van der Waals surface area contributed by atoms with Gasteiger partial charge in [-0.1, -0.05) is 36.4 Å². The molecule has 7 rings (SSSR count). The van der Waals surface area contributed by atoms with Crippen LogP contribution in [0.15, 0.2) is 42.5 Å². The lowest BCUT2D eigenvalue weighted by atomic mass is 9.91. The van der Waals surface area contributed by atoms with Gasteiger partial charge < -0.3 is 0 Å². The van der Waals surface area contributed by atoms with Crippen LogP contribution in [0, 0.1) is 13.8 Å². The molecule has 4 aliphatic carbocycles. The molecule has 0 amide bonds. The molecule has 0 N–H and O–H groups in total. The molecule has 4 bridgehead atoms. The Bertz CT molecular complexity index is 844. The summed E-state index contributed by atoms with van der Waals surface area (Å²) >= 11 is 0. The van der Waals surface area contributed by atoms with Crippen LogP contribution in [0.2, 0.25) is 0 Å². The monoisotopic (exact) mass is 287 g/mol. The zero-order chi connectivity index (χ0) is 15.1. The first kappa shape index (κ1) is 13.5. The maximum absolute atomic E-state index is 4.89. The van der Waals surface area contributed by atoms with Crippen LogP contribution in [-0.2, 0) is 25.7 Å². The van der Waals surface area contributed by atoms with Gasteiger partial charge >= 0.3 is 0 Å². The van der Waals surface area contributed by atoms with Gasteiger partial charge in [-0.05, 0) is 73.4 Å². The molecule has 0 aliphatic heterocycles. The largest absolute Gasteiger partial charge is 0.253 e. The van der Waals surface area contributed by atoms with Crippen molar-refractivity contribution in [1.29, 1.82) is 0 Å². The lowest BCUT2D eigenvalue weighted by molar-refractivity contribution is 0.929. The van der Waals surface area contributed by atoms with Gasteiger partial charge in [-0.15, -0.1) is 0 Å². The summed E-state index contributed by atoms with van der Waals surface area (Å²) in [6, 6.07) is 16.0. The molecule has 1 heteroatoms. The maximum Gasteiger partial charge on any atom is 0.0742 e. The number of rotatable bonds is 0. The van der Waals surface area contributed by atoms with Gasteiger partial charge in [0.1, 0.15) is 0 Å². The number of pyridine rings is 1. The summed E-state index contributed by atoms with van der Waals surface area (Å²) in [5, 5.41) is 1.39. The first-order chi connectivity index (χ1) is 10.7. The highest BCUT2D eigenvalue weighted by Gasteiger charge is 2.12. The van der Waals surface area contributed by atoms with E-state index >= 15 is 0 Å².